The minimum absolute atomic E-state index is 0.0760. The van der Waals surface area contributed by atoms with Gasteiger partial charge < -0.3 is 25.6 Å². The van der Waals surface area contributed by atoms with Crippen molar-refractivity contribution in [3.63, 3.8) is 0 Å². The van der Waals surface area contributed by atoms with Crippen LogP contribution in [-0.4, -0.2) is 95.9 Å². The van der Waals surface area contributed by atoms with Gasteiger partial charge in [0, 0.05) is 68.6 Å². The molecule has 3 aliphatic rings. The second-order valence-electron chi connectivity index (χ2n) is 14.1. The second kappa shape index (κ2) is 19.8. The van der Waals surface area contributed by atoms with Crippen LogP contribution >= 0.6 is 11.8 Å². The van der Waals surface area contributed by atoms with E-state index in [4.69, 9.17) is 4.74 Å². The lowest BCUT2D eigenvalue weighted by molar-refractivity contribution is -0.154. The number of benzene rings is 2. The first-order chi connectivity index (χ1) is 25.3. The molecular weight excluding hydrogens is 679 g/mol. The minimum Gasteiger partial charge on any atom is -0.464 e. The van der Waals surface area contributed by atoms with Crippen molar-refractivity contribution in [3.8, 4) is 0 Å². The number of ether oxygens (including phenoxy) is 1. The van der Waals surface area contributed by atoms with Gasteiger partial charge in [-0.05, 0) is 62.6 Å². The number of amides is 4. The second-order valence-corrected chi connectivity index (χ2v) is 15.4. The van der Waals surface area contributed by atoms with Crippen molar-refractivity contribution >= 4 is 47.0 Å². The predicted molar refractivity (Wildman–Crippen MR) is 204 cm³/mol. The van der Waals surface area contributed by atoms with Gasteiger partial charge in [0.2, 0.25) is 11.8 Å². The summed E-state index contributed by atoms with van der Waals surface area (Å²) >= 11 is 1.89. The van der Waals surface area contributed by atoms with Gasteiger partial charge >= 0.3 is 12.0 Å². The van der Waals surface area contributed by atoms with Gasteiger partial charge in [0.05, 0.1) is 18.7 Å². The van der Waals surface area contributed by atoms with E-state index >= 15 is 0 Å². The number of anilines is 1. The Balaban J connectivity index is 1.01. The number of carbonyl (C=O) groups is 5. The van der Waals surface area contributed by atoms with E-state index in [1.807, 2.05) is 67.2 Å². The van der Waals surface area contributed by atoms with Gasteiger partial charge in [-0.3, -0.25) is 19.3 Å². The molecule has 2 aromatic rings. The van der Waals surface area contributed by atoms with Gasteiger partial charge in [0.25, 0.3) is 0 Å². The maximum absolute atomic E-state index is 14.0. The molecule has 282 valence electrons. The summed E-state index contributed by atoms with van der Waals surface area (Å²) in [4.78, 5) is 67.9. The van der Waals surface area contributed by atoms with Crippen LogP contribution in [0.2, 0.25) is 0 Å². The number of likely N-dealkylation sites (tertiary alicyclic amines) is 1. The Hall–Kier alpha value is -3.90. The number of nitrogens with zero attached hydrogens (tertiary/aromatic N) is 2. The number of hydrogen-bond acceptors (Lipinski definition) is 8. The molecule has 4 amide bonds. The Morgan fingerprint density at radius 2 is 1.63 bits per heavy atom. The van der Waals surface area contributed by atoms with Gasteiger partial charge in [0.1, 0.15) is 11.3 Å². The van der Waals surface area contributed by atoms with Gasteiger partial charge in [-0.1, -0.05) is 61.9 Å². The molecule has 3 aliphatic heterocycles. The Morgan fingerprint density at radius 3 is 2.37 bits per heavy atom. The molecule has 0 spiro atoms. The highest BCUT2D eigenvalue weighted by Crippen LogP contribution is 2.36. The predicted octanol–water partition coefficient (Wildman–Crippen LogP) is 5.02. The molecule has 52 heavy (non-hydrogen) atoms. The lowest BCUT2D eigenvalue weighted by atomic mass is 9.84. The van der Waals surface area contributed by atoms with Crippen LogP contribution in [-0.2, 0) is 30.3 Å². The van der Waals surface area contributed by atoms with E-state index in [1.54, 1.807) is 4.90 Å². The quantitative estimate of drug-likeness (QED) is 0.0981. The van der Waals surface area contributed by atoms with Crippen molar-refractivity contribution < 1.29 is 28.7 Å². The highest BCUT2D eigenvalue weighted by Gasteiger charge is 2.50. The summed E-state index contributed by atoms with van der Waals surface area (Å²) < 4.78 is 5.86. The molecule has 12 heteroatoms. The van der Waals surface area contributed by atoms with E-state index in [2.05, 4.69) is 33.0 Å². The van der Waals surface area contributed by atoms with Crippen LogP contribution in [0.5, 0.6) is 0 Å². The van der Waals surface area contributed by atoms with Crippen molar-refractivity contribution in [2.75, 3.05) is 43.4 Å². The fourth-order valence-corrected chi connectivity index (χ4v) is 9.08. The van der Waals surface area contributed by atoms with E-state index in [9.17, 15) is 24.0 Å². The van der Waals surface area contributed by atoms with Crippen LogP contribution in [0, 0.1) is 0 Å². The van der Waals surface area contributed by atoms with Crippen molar-refractivity contribution in [1.82, 2.24) is 20.9 Å². The molecule has 0 aliphatic carbocycles. The first-order valence-electron chi connectivity index (χ1n) is 19.1. The third-order valence-electron chi connectivity index (χ3n) is 10.5. The average molecular weight is 734 g/mol. The van der Waals surface area contributed by atoms with E-state index < -0.39 is 11.5 Å². The Labute approximate surface area is 312 Å². The highest BCUT2D eigenvalue weighted by atomic mass is 32.2. The SMILES string of the molecule is CCC(=O)N(c1ccccc1)C1(C(=O)OCCCC(=O)NCCCC(=O)CCCC[C@@H]2SC[C@@H]3NC(=O)N[C@@H]32)CCN(CCc2ccccc2)CC1. The number of urea groups is 1. The van der Waals surface area contributed by atoms with Crippen LogP contribution in [0.1, 0.15) is 83.1 Å². The maximum atomic E-state index is 14.0. The van der Waals surface area contributed by atoms with Gasteiger partial charge in [0.15, 0.2) is 0 Å². The summed E-state index contributed by atoms with van der Waals surface area (Å²) in [5.74, 6) is 0.453. The summed E-state index contributed by atoms with van der Waals surface area (Å²) in [5, 5.41) is 9.26. The highest BCUT2D eigenvalue weighted by molar-refractivity contribution is 8.00. The van der Waals surface area contributed by atoms with E-state index in [0.717, 1.165) is 38.0 Å². The zero-order valence-electron chi connectivity index (χ0n) is 30.5. The minimum atomic E-state index is -1.13. The largest absolute Gasteiger partial charge is 0.464 e. The summed E-state index contributed by atoms with van der Waals surface area (Å²) in [6, 6.07) is 20.0. The maximum Gasteiger partial charge on any atom is 0.332 e. The molecule has 5 rings (SSSR count). The normalized spacial score (nSPS) is 20.7. The van der Waals surface area contributed by atoms with E-state index in [1.165, 1.54) is 5.56 Å². The Kier molecular flexibility index (Phi) is 15.0. The van der Waals surface area contributed by atoms with Crippen LogP contribution < -0.4 is 20.9 Å². The zero-order chi connectivity index (χ0) is 36.8. The molecule has 3 heterocycles. The average Bonchev–Trinajstić information content (AvgIpc) is 3.73. The summed E-state index contributed by atoms with van der Waals surface area (Å²) in [7, 11) is 0. The molecule has 0 saturated carbocycles. The number of unbranched alkanes of at least 4 members (excludes halogenated alkanes) is 1. The number of rotatable bonds is 20. The smallest absolute Gasteiger partial charge is 0.332 e. The standard InChI is InChI=1S/C40H55N5O6S/c1-2-36(48)45(31-15-7-4-8-16-31)40(22-26-44(27-23-40)25-21-30-13-5-3-6-14-30)38(49)51-28-12-20-35(47)41-24-11-18-32(46)17-9-10-19-34-37-33(29-52-34)42-39(50)43-37/h3-8,13-16,33-34,37H,2,9-12,17-29H2,1H3,(H,41,47)(H2,42,43,50)/t33-,34-,37-/m0/s1. The third kappa shape index (κ3) is 10.8. The third-order valence-corrected chi connectivity index (χ3v) is 12.0. The molecule has 0 bridgehead atoms. The van der Waals surface area contributed by atoms with Gasteiger partial charge in [-0.25, -0.2) is 9.59 Å². The molecular formula is C40H55N5O6S. The molecule has 3 fully saturated rings. The molecule has 0 unspecified atom stereocenters. The Morgan fingerprint density at radius 1 is 0.923 bits per heavy atom. The number of hydrogen-bond donors (Lipinski definition) is 3. The number of carbonyl (C=O) groups excluding carboxylic acids is 5. The molecule has 3 saturated heterocycles. The first-order valence-corrected chi connectivity index (χ1v) is 20.1. The molecule has 3 N–H and O–H groups in total. The fraction of sp³-hybridized carbons (Fsp3) is 0.575. The topological polar surface area (TPSA) is 137 Å². The Bertz CT molecular complexity index is 1490. The number of para-hydroxylation sites is 1. The number of ketones is 1. The van der Waals surface area contributed by atoms with E-state index in [0.29, 0.717) is 69.1 Å². The monoisotopic (exact) mass is 733 g/mol. The molecule has 11 nitrogen and oxygen atoms in total. The zero-order valence-corrected chi connectivity index (χ0v) is 31.3. The lowest BCUT2D eigenvalue weighted by Gasteiger charge is -2.46. The van der Waals surface area contributed by atoms with Crippen LogP contribution in [0.15, 0.2) is 60.7 Å². The van der Waals surface area contributed by atoms with Crippen molar-refractivity contribution in [2.45, 2.75) is 107 Å². The molecule has 2 aromatic carbocycles. The van der Waals surface area contributed by atoms with Gasteiger partial charge in [-0.15, -0.1) is 0 Å². The summed E-state index contributed by atoms with van der Waals surface area (Å²) in [6.45, 7) is 4.50. The fourth-order valence-electron chi connectivity index (χ4n) is 7.53. The van der Waals surface area contributed by atoms with Crippen LogP contribution in [0.3, 0.4) is 0 Å². The molecule has 0 radical (unpaired) electrons. The number of Topliss-reactive ketones (excluding diaryl/α,β-unsaturated/α-hetero) is 1. The van der Waals surface area contributed by atoms with Crippen LogP contribution in [0.4, 0.5) is 10.5 Å². The van der Waals surface area contributed by atoms with Crippen molar-refractivity contribution in [1.29, 1.82) is 0 Å². The number of esters is 1. The molecule has 0 aromatic heterocycles. The number of piperidine rings is 1. The lowest BCUT2D eigenvalue weighted by Crippen LogP contribution is -2.63. The molecule has 3 atom stereocenters. The summed E-state index contributed by atoms with van der Waals surface area (Å²) in [6.07, 6.45) is 6.99. The number of thioether (sulfide) groups is 1. The summed E-state index contributed by atoms with van der Waals surface area (Å²) in [5.41, 5.74) is 0.819. The van der Waals surface area contributed by atoms with Crippen molar-refractivity contribution in [2.24, 2.45) is 0 Å². The number of nitrogens with one attached hydrogen (secondary N) is 3. The van der Waals surface area contributed by atoms with E-state index in [-0.39, 0.29) is 55.2 Å². The van der Waals surface area contributed by atoms with Crippen molar-refractivity contribution in [3.05, 3.63) is 66.2 Å². The number of fused-ring (bicyclic) bond motifs is 1. The van der Waals surface area contributed by atoms with Crippen LogP contribution in [0.25, 0.3) is 0 Å². The first kappa shape index (κ1) is 39.3. The van der Waals surface area contributed by atoms with Gasteiger partial charge in [-0.2, -0.15) is 11.8 Å².